The summed E-state index contributed by atoms with van der Waals surface area (Å²) in [6, 6.07) is 20.8. The Bertz CT molecular complexity index is 471. The lowest BCUT2D eigenvalue weighted by molar-refractivity contribution is 0.627. The molecule has 0 spiro atoms. The van der Waals surface area contributed by atoms with Gasteiger partial charge in [-0.25, -0.2) is 0 Å². The Balaban J connectivity index is 0.000000280. The summed E-state index contributed by atoms with van der Waals surface area (Å²) >= 11 is 0. The lowest BCUT2D eigenvalue weighted by atomic mass is 10.1. The highest BCUT2D eigenvalue weighted by atomic mass is 32.2. The summed E-state index contributed by atoms with van der Waals surface area (Å²) in [6.07, 6.45) is 0. The van der Waals surface area contributed by atoms with Gasteiger partial charge in [-0.05, 0) is 11.1 Å². The Morgan fingerprint density at radius 2 is 0.938 bits per heavy atom. The van der Waals surface area contributed by atoms with Gasteiger partial charge >= 0.3 is 0 Å². The Morgan fingerprint density at radius 3 is 1.19 bits per heavy atom. The van der Waals surface area contributed by atoms with Gasteiger partial charge in [-0.2, -0.15) is 8.42 Å². The lowest BCUT2D eigenvalue weighted by Crippen LogP contribution is -1.73. The second-order valence-electron chi connectivity index (χ2n) is 3.04. The van der Waals surface area contributed by atoms with Crippen LogP contribution in [-0.4, -0.2) is 14.3 Å². The molecule has 0 aliphatic rings. The molecule has 0 aliphatic carbocycles. The standard InChI is InChI=1S/C12H10.CH2O2S/c1-3-7-11(8-4-1)12-9-5-2-6-10-12;1-4(2)3/h1-10H;1H2. The molecule has 16 heavy (non-hydrogen) atoms. The van der Waals surface area contributed by atoms with Crippen LogP contribution < -0.4 is 0 Å². The molecule has 0 unspecified atom stereocenters. The van der Waals surface area contributed by atoms with Crippen LogP contribution >= 0.6 is 0 Å². The first-order chi connectivity index (χ1) is 7.70. The Kier molecular flexibility index (Phi) is 5.02. The van der Waals surface area contributed by atoms with Crippen LogP contribution in [0.1, 0.15) is 0 Å². The van der Waals surface area contributed by atoms with Crippen LogP contribution in [-0.2, 0) is 10.3 Å². The summed E-state index contributed by atoms with van der Waals surface area (Å²) in [5.74, 6) is 2.56. The molecule has 0 amide bonds. The molecule has 2 aromatic rings. The summed E-state index contributed by atoms with van der Waals surface area (Å²) in [6.45, 7) is 0. The third-order valence-electron chi connectivity index (χ3n) is 1.88. The second-order valence-corrected chi connectivity index (χ2v) is 3.64. The number of rotatable bonds is 1. The summed E-state index contributed by atoms with van der Waals surface area (Å²) in [7, 11) is -2.11. The zero-order valence-corrected chi connectivity index (χ0v) is 9.52. The van der Waals surface area contributed by atoms with Crippen molar-refractivity contribution in [3.8, 4) is 11.1 Å². The van der Waals surface area contributed by atoms with Crippen LogP contribution in [0, 0.1) is 0 Å². The molecule has 0 N–H and O–H groups in total. The SMILES string of the molecule is C=S(=O)=O.c1ccc(-c2ccccc2)cc1. The van der Waals surface area contributed by atoms with Crippen LogP contribution in [0.2, 0.25) is 0 Å². The van der Waals surface area contributed by atoms with Crippen LogP contribution in [0.5, 0.6) is 0 Å². The molecule has 82 valence electrons. The van der Waals surface area contributed by atoms with Crippen LogP contribution in [0.25, 0.3) is 11.1 Å². The zero-order chi connectivity index (χ0) is 11.8. The molecule has 0 atom stereocenters. The fourth-order valence-corrected chi connectivity index (χ4v) is 1.26. The van der Waals surface area contributed by atoms with E-state index in [9.17, 15) is 0 Å². The van der Waals surface area contributed by atoms with E-state index in [0.29, 0.717) is 0 Å². The van der Waals surface area contributed by atoms with Crippen molar-refractivity contribution in [1.82, 2.24) is 0 Å². The molecule has 0 aromatic heterocycles. The van der Waals surface area contributed by atoms with E-state index in [0.717, 1.165) is 0 Å². The van der Waals surface area contributed by atoms with E-state index in [1.165, 1.54) is 11.1 Å². The third-order valence-corrected chi connectivity index (χ3v) is 1.88. The van der Waals surface area contributed by atoms with Gasteiger partial charge in [-0.15, -0.1) is 0 Å². The molecular weight excluding hydrogens is 220 g/mol. The van der Waals surface area contributed by atoms with Crippen molar-refractivity contribution in [3.05, 3.63) is 60.7 Å². The van der Waals surface area contributed by atoms with E-state index >= 15 is 0 Å². The minimum Gasteiger partial charge on any atom is -0.185 e. The van der Waals surface area contributed by atoms with E-state index in [1.807, 2.05) is 12.1 Å². The highest BCUT2D eigenvalue weighted by Gasteiger charge is 1.91. The minimum atomic E-state index is -2.11. The fourth-order valence-electron chi connectivity index (χ4n) is 1.26. The van der Waals surface area contributed by atoms with E-state index in [2.05, 4.69) is 54.4 Å². The van der Waals surface area contributed by atoms with Gasteiger partial charge in [0, 0.05) is 5.87 Å². The number of hydrogen-bond acceptors (Lipinski definition) is 2. The van der Waals surface area contributed by atoms with E-state index < -0.39 is 10.3 Å². The van der Waals surface area contributed by atoms with Gasteiger partial charge in [0.2, 0.25) is 10.3 Å². The average Bonchev–Trinajstić information content (AvgIpc) is 2.31. The Hall–Kier alpha value is -1.87. The molecule has 0 heterocycles. The van der Waals surface area contributed by atoms with Gasteiger partial charge in [0.15, 0.2) is 0 Å². The van der Waals surface area contributed by atoms with Gasteiger partial charge < -0.3 is 0 Å². The summed E-state index contributed by atoms with van der Waals surface area (Å²) in [4.78, 5) is 0. The quantitative estimate of drug-likeness (QED) is 0.708. The van der Waals surface area contributed by atoms with Gasteiger partial charge in [0.05, 0.1) is 0 Å². The highest BCUT2D eigenvalue weighted by Crippen LogP contribution is 2.17. The van der Waals surface area contributed by atoms with E-state index in [4.69, 9.17) is 8.42 Å². The predicted molar refractivity (Wildman–Crippen MR) is 67.9 cm³/mol. The maximum Gasteiger partial charge on any atom is 0.206 e. The predicted octanol–water partition coefficient (Wildman–Crippen LogP) is 2.65. The zero-order valence-electron chi connectivity index (χ0n) is 8.71. The molecule has 2 aromatic carbocycles. The number of hydrogen-bond donors (Lipinski definition) is 0. The molecule has 0 saturated carbocycles. The molecule has 2 nitrogen and oxygen atoms in total. The van der Waals surface area contributed by atoms with Crippen molar-refractivity contribution in [3.63, 3.8) is 0 Å². The minimum absolute atomic E-state index is 1.28. The maximum atomic E-state index is 8.89. The van der Waals surface area contributed by atoms with Crippen LogP contribution in [0.3, 0.4) is 0 Å². The maximum absolute atomic E-state index is 8.89. The highest BCUT2D eigenvalue weighted by molar-refractivity contribution is 7.70. The number of benzene rings is 2. The van der Waals surface area contributed by atoms with Crippen molar-refractivity contribution in [2.75, 3.05) is 0 Å². The van der Waals surface area contributed by atoms with E-state index in [1.54, 1.807) is 0 Å². The van der Waals surface area contributed by atoms with Crippen molar-refractivity contribution < 1.29 is 8.42 Å². The molecule has 2 rings (SSSR count). The van der Waals surface area contributed by atoms with Crippen molar-refractivity contribution in [1.29, 1.82) is 0 Å². The molecule has 0 bridgehead atoms. The topological polar surface area (TPSA) is 34.1 Å². The monoisotopic (exact) mass is 232 g/mol. The van der Waals surface area contributed by atoms with Crippen molar-refractivity contribution in [2.45, 2.75) is 0 Å². The van der Waals surface area contributed by atoms with Gasteiger partial charge in [0.25, 0.3) is 0 Å². The molecule has 0 fully saturated rings. The van der Waals surface area contributed by atoms with Crippen molar-refractivity contribution >= 4 is 16.2 Å². The molecular formula is C13H12O2S. The second kappa shape index (κ2) is 6.58. The van der Waals surface area contributed by atoms with Crippen LogP contribution in [0.15, 0.2) is 60.7 Å². The molecule has 3 heteroatoms. The van der Waals surface area contributed by atoms with Gasteiger partial charge in [-0.1, -0.05) is 60.7 Å². The normalized spacial score (nSPS) is 8.75. The molecule has 0 radical (unpaired) electrons. The molecule has 0 aliphatic heterocycles. The van der Waals surface area contributed by atoms with Gasteiger partial charge in [0.1, 0.15) is 0 Å². The average molecular weight is 232 g/mol. The summed E-state index contributed by atoms with van der Waals surface area (Å²) in [5, 5.41) is 0. The third kappa shape index (κ3) is 4.57. The largest absolute Gasteiger partial charge is 0.206 e. The Morgan fingerprint density at radius 1 is 0.688 bits per heavy atom. The first kappa shape index (κ1) is 12.2. The van der Waals surface area contributed by atoms with E-state index in [-0.39, 0.29) is 0 Å². The Labute approximate surface area is 96.7 Å². The lowest BCUT2D eigenvalue weighted by Gasteiger charge is -1.98. The molecule has 0 saturated heterocycles. The fraction of sp³-hybridized carbons (Fsp3) is 0. The first-order valence-corrected chi connectivity index (χ1v) is 5.94. The first-order valence-electron chi connectivity index (χ1n) is 4.69. The van der Waals surface area contributed by atoms with Crippen LogP contribution in [0.4, 0.5) is 0 Å². The summed E-state index contributed by atoms with van der Waals surface area (Å²) < 4.78 is 17.8. The van der Waals surface area contributed by atoms with Gasteiger partial charge in [-0.3, -0.25) is 0 Å². The smallest absolute Gasteiger partial charge is 0.185 e. The van der Waals surface area contributed by atoms with Crippen molar-refractivity contribution in [2.24, 2.45) is 0 Å². The summed E-state index contributed by atoms with van der Waals surface area (Å²) in [5.41, 5.74) is 2.55.